The molecular formula is C26H26O. The lowest BCUT2D eigenvalue weighted by Crippen LogP contribution is -1.99. The third kappa shape index (κ3) is 3.55. The van der Waals surface area contributed by atoms with Gasteiger partial charge in [-0.2, -0.15) is 0 Å². The Morgan fingerprint density at radius 2 is 1.15 bits per heavy atom. The molecule has 1 heteroatoms. The van der Waals surface area contributed by atoms with Gasteiger partial charge in [0.15, 0.2) is 0 Å². The highest BCUT2D eigenvalue weighted by molar-refractivity contribution is 6.16. The number of rotatable bonds is 7. The van der Waals surface area contributed by atoms with Crippen molar-refractivity contribution in [1.82, 2.24) is 0 Å². The maximum Gasteiger partial charge on any atom is 0.134 e. The first-order chi connectivity index (χ1) is 13.4. The standard InChI is InChI=1S/C26H26O/c1-2-3-4-12-19-27-26-23-17-10-8-15-21(23)25(20-13-6-5-7-14-20)22-16-9-11-18-24(22)26/h5-11,13-18H,2-4,12,19H2,1H3. The van der Waals surface area contributed by atoms with E-state index in [0.29, 0.717) is 0 Å². The first kappa shape index (κ1) is 17.6. The molecular weight excluding hydrogens is 328 g/mol. The summed E-state index contributed by atoms with van der Waals surface area (Å²) in [6.07, 6.45) is 4.86. The van der Waals surface area contributed by atoms with Crippen LogP contribution in [0, 0.1) is 0 Å². The third-order valence-electron chi connectivity index (χ3n) is 5.19. The van der Waals surface area contributed by atoms with E-state index in [1.165, 1.54) is 51.9 Å². The predicted octanol–water partition coefficient (Wildman–Crippen LogP) is 7.62. The van der Waals surface area contributed by atoms with Crippen molar-refractivity contribution < 1.29 is 4.74 Å². The topological polar surface area (TPSA) is 9.23 Å². The Morgan fingerprint density at radius 3 is 1.74 bits per heavy atom. The van der Waals surface area contributed by atoms with Crippen LogP contribution in [0.2, 0.25) is 0 Å². The second kappa shape index (κ2) is 8.26. The number of hydrogen-bond donors (Lipinski definition) is 0. The predicted molar refractivity (Wildman–Crippen MR) is 117 cm³/mol. The van der Waals surface area contributed by atoms with Crippen molar-refractivity contribution in [3.05, 3.63) is 78.9 Å². The van der Waals surface area contributed by atoms with Crippen LogP contribution in [-0.4, -0.2) is 6.61 Å². The summed E-state index contributed by atoms with van der Waals surface area (Å²) in [7, 11) is 0. The summed E-state index contributed by atoms with van der Waals surface area (Å²) in [5.74, 6) is 1.03. The van der Waals surface area contributed by atoms with E-state index in [9.17, 15) is 0 Å². The maximum atomic E-state index is 6.37. The smallest absolute Gasteiger partial charge is 0.134 e. The Labute approximate surface area is 161 Å². The molecule has 0 radical (unpaired) electrons. The van der Waals surface area contributed by atoms with Crippen molar-refractivity contribution in [2.45, 2.75) is 32.6 Å². The van der Waals surface area contributed by atoms with Crippen LogP contribution >= 0.6 is 0 Å². The van der Waals surface area contributed by atoms with Gasteiger partial charge in [0.1, 0.15) is 5.75 Å². The molecule has 0 saturated carbocycles. The Bertz CT molecular complexity index is 977. The number of fused-ring (bicyclic) bond motifs is 2. The van der Waals surface area contributed by atoms with Gasteiger partial charge in [0, 0.05) is 10.8 Å². The zero-order valence-electron chi connectivity index (χ0n) is 15.9. The minimum Gasteiger partial charge on any atom is -0.492 e. The molecule has 0 fully saturated rings. The lowest BCUT2D eigenvalue weighted by Gasteiger charge is -2.17. The Balaban J connectivity index is 1.89. The van der Waals surface area contributed by atoms with Gasteiger partial charge >= 0.3 is 0 Å². The van der Waals surface area contributed by atoms with Crippen LogP contribution in [-0.2, 0) is 0 Å². The van der Waals surface area contributed by atoms with Crippen molar-refractivity contribution >= 4 is 21.5 Å². The SMILES string of the molecule is CCCCCCOc1c2ccccc2c(-c2ccccc2)c2ccccc12. The lowest BCUT2D eigenvalue weighted by molar-refractivity contribution is 0.312. The van der Waals surface area contributed by atoms with Crippen molar-refractivity contribution in [3.8, 4) is 16.9 Å². The molecule has 0 atom stereocenters. The van der Waals surface area contributed by atoms with Gasteiger partial charge in [0.05, 0.1) is 6.61 Å². The number of hydrogen-bond acceptors (Lipinski definition) is 1. The fourth-order valence-electron chi connectivity index (χ4n) is 3.86. The van der Waals surface area contributed by atoms with Gasteiger partial charge in [-0.25, -0.2) is 0 Å². The molecule has 1 nitrogen and oxygen atoms in total. The normalized spacial score (nSPS) is 11.1. The number of ether oxygens (including phenoxy) is 1. The molecule has 0 N–H and O–H groups in total. The zero-order chi connectivity index (χ0) is 18.5. The molecule has 0 spiro atoms. The average Bonchev–Trinajstić information content (AvgIpc) is 2.73. The maximum absolute atomic E-state index is 6.37. The molecule has 0 saturated heterocycles. The van der Waals surface area contributed by atoms with Crippen LogP contribution in [0.5, 0.6) is 5.75 Å². The Morgan fingerprint density at radius 1 is 0.593 bits per heavy atom. The van der Waals surface area contributed by atoms with Crippen LogP contribution in [0.4, 0.5) is 0 Å². The molecule has 0 unspecified atom stereocenters. The van der Waals surface area contributed by atoms with Crippen molar-refractivity contribution in [2.24, 2.45) is 0 Å². The van der Waals surface area contributed by atoms with Gasteiger partial charge < -0.3 is 4.74 Å². The minimum absolute atomic E-state index is 0.776. The molecule has 0 aliphatic rings. The molecule has 0 aliphatic heterocycles. The third-order valence-corrected chi connectivity index (χ3v) is 5.19. The first-order valence-corrected chi connectivity index (χ1v) is 10.0. The van der Waals surface area contributed by atoms with Gasteiger partial charge in [-0.3, -0.25) is 0 Å². The molecule has 4 aromatic rings. The van der Waals surface area contributed by atoms with Gasteiger partial charge in [0.2, 0.25) is 0 Å². The van der Waals surface area contributed by atoms with Crippen molar-refractivity contribution in [2.75, 3.05) is 6.61 Å². The summed E-state index contributed by atoms with van der Waals surface area (Å²) in [5.41, 5.74) is 2.54. The molecule has 0 amide bonds. The van der Waals surface area contributed by atoms with E-state index in [2.05, 4.69) is 85.8 Å². The van der Waals surface area contributed by atoms with Crippen molar-refractivity contribution in [1.29, 1.82) is 0 Å². The number of benzene rings is 4. The summed E-state index contributed by atoms with van der Waals surface area (Å²) in [6.45, 7) is 3.02. The van der Waals surface area contributed by atoms with Crippen LogP contribution in [0.1, 0.15) is 32.6 Å². The van der Waals surface area contributed by atoms with E-state index in [1.807, 2.05) is 0 Å². The van der Waals surface area contributed by atoms with E-state index >= 15 is 0 Å². The lowest BCUT2D eigenvalue weighted by atomic mass is 9.91. The summed E-state index contributed by atoms with van der Waals surface area (Å²) >= 11 is 0. The molecule has 4 rings (SSSR count). The van der Waals surface area contributed by atoms with E-state index in [-0.39, 0.29) is 0 Å². The van der Waals surface area contributed by atoms with Crippen LogP contribution in [0.15, 0.2) is 78.9 Å². The highest BCUT2D eigenvalue weighted by Crippen LogP contribution is 2.42. The van der Waals surface area contributed by atoms with Gasteiger partial charge in [-0.15, -0.1) is 0 Å². The molecule has 136 valence electrons. The van der Waals surface area contributed by atoms with Gasteiger partial charge in [-0.05, 0) is 28.3 Å². The molecule has 27 heavy (non-hydrogen) atoms. The van der Waals surface area contributed by atoms with E-state index < -0.39 is 0 Å². The van der Waals surface area contributed by atoms with Crippen LogP contribution in [0.3, 0.4) is 0 Å². The zero-order valence-corrected chi connectivity index (χ0v) is 15.9. The molecule has 0 aromatic heterocycles. The highest BCUT2D eigenvalue weighted by Gasteiger charge is 2.15. The quantitative estimate of drug-likeness (QED) is 0.245. The Hall–Kier alpha value is -2.80. The van der Waals surface area contributed by atoms with Crippen LogP contribution < -0.4 is 4.74 Å². The van der Waals surface area contributed by atoms with E-state index in [0.717, 1.165) is 18.8 Å². The van der Waals surface area contributed by atoms with E-state index in [1.54, 1.807) is 0 Å². The van der Waals surface area contributed by atoms with Crippen molar-refractivity contribution in [3.63, 3.8) is 0 Å². The van der Waals surface area contributed by atoms with Crippen LogP contribution in [0.25, 0.3) is 32.7 Å². The minimum atomic E-state index is 0.776. The average molecular weight is 354 g/mol. The summed E-state index contributed by atoms with van der Waals surface area (Å²) in [5, 5.41) is 4.91. The number of unbranched alkanes of at least 4 members (excludes halogenated alkanes) is 3. The molecule has 0 heterocycles. The summed E-state index contributed by atoms with van der Waals surface area (Å²) in [6, 6.07) is 27.9. The fraction of sp³-hybridized carbons (Fsp3) is 0.231. The fourth-order valence-corrected chi connectivity index (χ4v) is 3.86. The van der Waals surface area contributed by atoms with E-state index in [4.69, 9.17) is 4.74 Å². The highest BCUT2D eigenvalue weighted by atomic mass is 16.5. The second-order valence-electron chi connectivity index (χ2n) is 7.07. The first-order valence-electron chi connectivity index (χ1n) is 10.0. The van der Waals surface area contributed by atoms with Gasteiger partial charge in [-0.1, -0.05) is 105 Å². The molecule has 0 bridgehead atoms. The largest absolute Gasteiger partial charge is 0.492 e. The Kier molecular flexibility index (Phi) is 5.39. The second-order valence-corrected chi connectivity index (χ2v) is 7.07. The monoisotopic (exact) mass is 354 g/mol. The van der Waals surface area contributed by atoms with Gasteiger partial charge in [0.25, 0.3) is 0 Å². The summed E-state index contributed by atoms with van der Waals surface area (Å²) < 4.78 is 6.37. The summed E-state index contributed by atoms with van der Waals surface area (Å²) in [4.78, 5) is 0. The molecule has 0 aliphatic carbocycles. The molecule has 4 aromatic carbocycles.